The topological polar surface area (TPSA) is 72.5 Å². The Morgan fingerprint density at radius 1 is 1.24 bits per heavy atom. The molecule has 1 atom stereocenters. The van der Waals surface area contributed by atoms with E-state index in [2.05, 4.69) is 4.72 Å². The van der Waals surface area contributed by atoms with Crippen LogP contribution in [0.15, 0.2) is 35.2 Å². The predicted molar refractivity (Wildman–Crippen MR) is 81.3 cm³/mol. The maximum atomic E-state index is 12.3. The number of sulfonamides is 1. The lowest BCUT2D eigenvalue weighted by Crippen LogP contribution is -2.42. The molecular weight excluding hydrogens is 290 g/mol. The normalized spacial score (nSPS) is 13.1. The number of hydrogen-bond acceptors (Lipinski definition) is 4. The lowest BCUT2D eigenvalue weighted by molar-refractivity contribution is -0.146. The van der Waals surface area contributed by atoms with Gasteiger partial charge in [-0.15, -0.1) is 0 Å². The molecule has 0 aromatic heterocycles. The molecule has 0 amide bonds. The molecule has 21 heavy (non-hydrogen) atoms. The Morgan fingerprint density at radius 2 is 1.86 bits per heavy atom. The van der Waals surface area contributed by atoms with E-state index in [-0.39, 0.29) is 10.8 Å². The van der Waals surface area contributed by atoms with Gasteiger partial charge in [-0.1, -0.05) is 39.0 Å². The highest BCUT2D eigenvalue weighted by molar-refractivity contribution is 7.89. The van der Waals surface area contributed by atoms with E-state index in [0.29, 0.717) is 19.4 Å². The van der Waals surface area contributed by atoms with E-state index in [9.17, 15) is 13.2 Å². The number of benzene rings is 1. The molecule has 0 aliphatic heterocycles. The Labute approximate surface area is 126 Å². The maximum Gasteiger partial charge on any atom is 0.324 e. The quantitative estimate of drug-likeness (QED) is 0.748. The molecule has 1 aromatic carbocycles. The zero-order valence-electron chi connectivity index (χ0n) is 12.7. The third-order valence-corrected chi connectivity index (χ3v) is 4.28. The van der Waals surface area contributed by atoms with Crippen LogP contribution in [0.3, 0.4) is 0 Å². The molecule has 5 nitrogen and oxygen atoms in total. The van der Waals surface area contributed by atoms with E-state index >= 15 is 0 Å². The summed E-state index contributed by atoms with van der Waals surface area (Å²) < 4.78 is 32.1. The molecular formula is C15H23NO4S. The van der Waals surface area contributed by atoms with Gasteiger partial charge in [-0.2, -0.15) is 4.72 Å². The van der Waals surface area contributed by atoms with Crippen molar-refractivity contribution < 1.29 is 17.9 Å². The summed E-state index contributed by atoms with van der Waals surface area (Å²) in [6.45, 7) is 6.03. The van der Waals surface area contributed by atoms with Crippen LogP contribution in [0, 0.1) is 5.92 Å². The summed E-state index contributed by atoms with van der Waals surface area (Å²) in [5, 5.41) is 0. The number of nitrogens with one attached hydrogen (secondary N) is 1. The number of ether oxygens (including phenoxy) is 1. The lowest BCUT2D eigenvalue weighted by Gasteiger charge is -2.19. The molecule has 0 heterocycles. The number of carbonyl (C=O) groups is 1. The van der Waals surface area contributed by atoms with Gasteiger partial charge in [-0.3, -0.25) is 4.79 Å². The van der Waals surface area contributed by atoms with E-state index in [1.54, 1.807) is 18.2 Å². The second-order valence-electron chi connectivity index (χ2n) is 5.28. The summed E-state index contributed by atoms with van der Waals surface area (Å²) >= 11 is 0. The fourth-order valence-corrected chi connectivity index (χ4v) is 3.04. The fourth-order valence-electron chi connectivity index (χ4n) is 1.82. The summed E-state index contributed by atoms with van der Waals surface area (Å²) in [6.07, 6.45) is 1.10. The van der Waals surface area contributed by atoms with Gasteiger partial charge < -0.3 is 4.74 Å². The first-order valence-electron chi connectivity index (χ1n) is 7.10. The van der Waals surface area contributed by atoms with Crippen LogP contribution in [-0.2, 0) is 19.6 Å². The van der Waals surface area contributed by atoms with Gasteiger partial charge in [0.15, 0.2) is 0 Å². The van der Waals surface area contributed by atoms with E-state index < -0.39 is 22.0 Å². The van der Waals surface area contributed by atoms with Crippen molar-refractivity contribution in [3.8, 4) is 0 Å². The van der Waals surface area contributed by atoms with Crippen LogP contribution in [0.5, 0.6) is 0 Å². The molecule has 0 aliphatic rings. The molecule has 0 saturated carbocycles. The van der Waals surface area contributed by atoms with Crippen molar-refractivity contribution in [3.05, 3.63) is 30.3 Å². The standard InChI is InChI=1S/C15H23NO4S/c1-4-10-20-15(17)14(11-12(2)3)16-21(18,19)13-8-6-5-7-9-13/h5-9,12,14,16H,4,10-11H2,1-3H3/t14-/m0/s1. The third kappa shape index (κ3) is 5.85. The minimum Gasteiger partial charge on any atom is -0.465 e. The van der Waals surface area contributed by atoms with Crippen molar-refractivity contribution in [2.24, 2.45) is 5.92 Å². The van der Waals surface area contributed by atoms with Gasteiger partial charge in [0.2, 0.25) is 10.0 Å². The molecule has 0 saturated heterocycles. The van der Waals surface area contributed by atoms with Crippen LogP contribution in [0.2, 0.25) is 0 Å². The molecule has 0 bridgehead atoms. The van der Waals surface area contributed by atoms with Crippen LogP contribution in [0.25, 0.3) is 0 Å². The molecule has 1 rings (SSSR count). The minimum absolute atomic E-state index is 0.141. The zero-order valence-corrected chi connectivity index (χ0v) is 13.5. The summed E-state index contributed by atoms with van der Waals surface area (Å²) in [6, 6.07) is 7.14. The highest BCUT2D eigenvalue weighted by Gasteiger charge is 2.27. The van der Waals surface area contributed by atoms with Crippen LogP contribution >= 0.6 is 0 Å². The Balaban J connectivity index is 2.87. The van der Waals surface area contributed by atoms with Crippen molar-refractivity contribution in [1.29, 1.82) is 0 Å². The van der Waals surface area contributed by atoms with Crippen molar-refractivity contribution >= 4 is 16.0 Å². The molecule has 6 heteroatoms. The average Bonchev–Trinajstić information content (AvgIpc) is 2.44. The number of hydrogen-bond donors (Lipinski definition) is 1. The molecule has 0 radical (unpaired) electrons. The van der Waals surface area contributed by atoms with Gasteiger partial charge in [0.05, 0.1) is 11.5 Å². The maximum absolute atomic E-state index is 12.3. The largest absolute Gasteiger partial charge is 0.465 e. The van der Waals surface area contributed by atoms with Crippen LogP contribution < -0.4 is 4.72 Å². The minimum atomic E-state index is -3.73. The molecule has 0 spiro atoms. The van der Waals surface area contributed by atoms with Crippen molar-refractivity contribution in [3.63, 3.8) is 0 Å². The average molecular weight is 313 g/mol. The first kappa shape index (κ1) is 17.7. The first-order chi connectivity index (χ1) is 9.86. The lowest BCUT2D eigenvalue weighted by atomic mass is 10.1. The van der Waals surface area contributed by atoms with Crippen LogP contribution in [0.1, 0.15) is 33.6 Å². The Bertz CT molecular complexity index is 540. The Kier molecular flexibility index (Phi) is 6.84. The Hall–Kier alpha value is -1.40. The van der Waals surface area contributed by atoms with Crippen molar-refractivity contribution in [2.45, 2.75) is 44.6 Å². The van der Waals surface area contributed by atoms with Crippen LogP contribution in [-0.4, -0.2) is 27.0 Å². The molecule has 0 fully saturated rings. The summed E-state index contributed by atoms with van der Waals surface area (Å²) in [5.41, 5.74) is 0. The van der Waals surface area contributed by atoms with E-state index in [1.807, 2.05) is 20.8 Å². The smallest absolute Gasteiger partial charge is 0.324 e. The second-order valence-corrected chi connectivity index (χ2v) is 7.00. The van der Waals surface area contributed by atoms with Crippen LogP contribution in [0.4, 0.5) is 0 Å². The summed E-state index contributed by atoms with van der Waals surface area (Å²) in [7, 11) is -3.73. The Morgan fingerprint density at radius 3 is 2.38 bits per heavy atom. The van der Waals surface area contributed by atoms with E-state index in [1.165, 1.54) is 12.1 Å². The molecule has 118 valence electrons. The van der Waals surface area contributed by atoms with Gasteiger partial charge in [-0.05, 0) is 30.9 Å². The second kappa shape index (κ2) is 8.14. The molecule has 1 aromatic rings. The van der Waals surface area contributed by atoms with Gasteiger partial charge in [0.1, 0.15) is 6.04 Å². The van der Waals surface area contributed by atoms with Crippen molar-refractivity contribution in [1.82, 2.24) is 4.72 Å². The summed E-state index contributed by atoms with van der Waals surface area (Å²) in [4.78, 5) is 12.1. The monoisotopic (exact) mass is 313 g/mol. The number of rotatable bonds is 8. The number of carbonyl (C=O) groups excluding carboxylic acids is 1. The van der Waals surface area contributed by atoms with E-state index in [0.717, 1.165) is 0 Å². The predicted octanol–water partition coefficient (Wildman–Crippen LogP) is 2.33. The SMILES string of the molecule is CCCOC(=O)[C@H](CC(C)C)NS(=O)(=O)c1ccccc1. The van der Waals surface area contributed by atoms with Gasteiger partial charge >= 0.3 is 5.97 Å². The highest BCUT2D eigenvalue weighted by Crippen LogP contribution is 2.13. The van der Waals surface area contributed by atoms with Gasteiger partial charge in [-0.25, -0.2) is 8.42 Å². The first-order valence-corrected chi connectivity index (χ1v) is 8.59. The fraction of sp³-hybridized carbons (Fsp3) is 0.533. The molecule has 0 unspecified atom stereocenters. The van der Waals surface area contributed by atoms with Crippen molar-refractivity contribution in [2.75, 3.05) is 6.61 Å². The summed E-state index contributed by atoms with van der Waals surface area (Å²) in [5.74, 6) is -0.354. The molecule has 1 N–H and O–H groups in total. The third-order valence-electron chi connectivity index (χ3n) is 2.79. The zero-order chi connectivity index (χ0) is 15.9. The highest BCUT2D eigenvalue weighted by atomic mass is 32.2. The molecule has 0 aliphatic carbocycles. The number of esters is 1. The van der Waals surface area contributed by atoms with Gasteiger partial charge in [0, 0.05) is 0 Å². The van der Waals surface area contributed by atoms with Gasteiger partial charge in [0.25, 0.3) is 0 Å². The van der Waals surface area contributed by atoms with E-state index in [4.69, 9.17) is 4.74 Å².